The Bertz CT molecular complexity index is 413. The van der Waals surface area contributed by atoms with Crippen LogP contribution in [0.4, 0.5) is 5.82 Å². The highest BCUT2D eigenvalue weighted by molar-refractivity contribution is 7.98. The normalized spacial score (nSPS) is 9.71. The van der Waals surface area contributed by atoms with Gasteiger partial charge in [0.1, 0.15) is 23.7 Å². The summed E-state index contributed by atoms with van der Waals surface area (Å²) >= 11 is 1.46. The Labute approximate surface area is 102 Å². The first-order valence-electron chi connectivity index (χ1n) is 4.70. The van der Waals surface area contributed by atoms with Gasteiger partial charge in [-0.1, -0.05) is 0 Å². The average molecular weight is 256 g/mol. The molecular weight excluding hydrogens is 244 g/mol. The average Bonchev–Trinajstić information content (AvgIpc) is 2.34. The summed E-state index contributed by atoms with van der Waals surface area (Å²) in [7, 11) is 0. The summed E-state index contributed by atoms with van der Waals surface area (Å²) in [5.41, 5.74) is 0. The van der Waals surface area contributed by atoms with Gasteiger partial charge in [-0.15, -0.1) is 11.8 Å². The summed E-state index contributed by atoms with van der Waals surface area (Å²) in [5, 5.41) is 14.1. The number of carbonyl (C=O) groups is 2. The second-order valence-electron chi connectivity index (χ2n) is 2.97. The molecule has 0 atom stereocenters. The number of aromatic nitrogens is 2. The molecule has 8 heteroatoms. The molecule has 1 aromatic heterocycles. The van der Waals surface area contributed by atoms with E-state index in [-0.39, 0.29) is 13.1 Å². The van der Waals surface area contributed by atoms with Gasteiger partial charge in [0, 0.05) is 6.07 Å². The molecule has 1 amide bonds. The molecule has 0 radical (unpaired) electrons. The van der Waals surface area contributed by atoms with Gasteiger partial charge in [0.2, 0.25) is 5.91 Å². The standard InChI is InChI=1S/C9H12N4O3S/c1-17-8-2-6(12-5-13-8)10-3-7(14)11-4-9(15)16/h2,5H,3-4H2,1H3,(H,11,14)(H,15,16)(H,10,12,13). The van der Waals surface area contributed by atoms with Crippen molar-refractivity contribution in [3.8, 4) is 0 Å². The minimum Gasteiger partial charge on any atom is -0.480 e. The Morgan fingerprint density at radius 2 is 2.18 bits per heavy atom. The van der Waals surface area contributed by atoms with Gasteiger partial charge in [0.25, 0.3) is 0 Å². The molecule has 0 aliphatic heterocycles. The Kier molecular flexibility index (Phi) is 5.21. The van der Waals surface area contributed by atoms with Crippen LogP contribution in [-0.4, -0.2) is 46.3 Å². The van der Waals surface area contributed by atoms with Gasteiger partial charge in [0.15, 0.2) is 0 Å². The van der Waals surface area contributed by atoms with Crippen molar-refractivity contribution in [3.63, 3.8) is 0 Å². The summed E-state index contributed by atoms with van der Waals surface area (Å²) in [6.45, 7) is -0.418. The smallest absolute Gasteiger partial charge is 0.322 e. The molecular formula is C9H12N4O3S. The van der Waals surface area contributed by atoms with Crippen LogP contribution in [0.5, 0.6) is 0 Å². The summed E-state index contributed by atoms with van der Waals surface area (Å²) in [5.74, 6) is -0.961. The number of hydrogen-bond donors (Lipinski definition) is 3. The molecule has 7 nitrogen and oxygen atoms in total. The lowest BCUT2D eigenvalue weighted by molar-refractivity contribution is -0.137. The quantitative estimate of drug-likeness (QED) is 0.478. The van der Waals surface area contributed by atoms with E-state index in [0.717, 1.165) is 5.03 Å². The van der Waals surface area contributed by atoms with Crippen molar-refractivity contribution in [2.45, 2.75) is 5.03 Å². The Balaban J connectivity index is 2.39. The summed E-state index contributed by atoms with van der Waals surface area (Å²) < 4.78 is 0. The number of nitrogens with zero attached hydrogens (tertiary/aromatic N) is 2. The lowest BCUT2D eigenvalue weighted by Crippen LogP contribution is -2.33. The zero-order chi connectivity index (χ0) is 12.7. The van der Waals surface area contributed by atoms with Crippen molar-refractivity contribution >= 4 is 29.5 Å². The molecule has 1 heterocycles. The molecule has 0 aromatic carbocycles. The first-order chi connectivity index (χ1) is 8.11. The molecule has 1 aromatic rings. The first-order valence-corrected chi connectivity index (χ1v) is 5.92. The van der Waals surface area contributed by atoms with E-state index in [0.29, 0.717) is 5.82 Å². The number of rotatable bonds is 6. The van der Waals surface area contributed by atoms with E-state index in [2.05, 4.69) is 20.6 Å². The van der Waals surface area contributed by atoms with Crippen LogP contribution in [0.2, 0.25) is 0 Å². The summed E-state index contributed by atoms with van der Waals surface area (Å²) in [6.07, 6.45) is 3.27. The monoisotopic (exact) mass is 256 g/mol. The fourth-order valence-electron chi connectivity index (χ4n) is 0.955. The van der Waals surface area contributed by atoms with E-state index < -0.39 is 11.9 Å². The second kappa shape index (κ2) is 6.69. The lowest BCUT2D eigenvalue weighted by Gasteiger charge is -2.05. The molecule has 0 spiro atoms. The van der Waals surface area contributed by atoms with Gasteiger partial charge < -0.3 is 15.7 Å². The third-order valence-corrected chi connectivity index (χ3v) is 2.36. The predicted octanol–water partition coefficient (Wildman–Crippen LogP) is -0.189. The van der Waals surface area contributed by atoms with E-state index in [4.69, 9.17) is 5.11 Å². The van der Waals surface area contributed by atoms with Crippen molar-refractivity contribution in [1.29, 1.82) is 0 Å². The first kappa shape index (κ1) is 13.2. The van der Waals surface area contributed by atoms with E-state index in [9.17, 15) is 9.59 Å². The van der Waals surface area contributed by atoms with E-state index in [1.807, 2.05) is 6.26 Å². The Hall–Kier alpha value is -1.83. The third kappa shape index (κ3) is 5.16. The van der Waals surface area contributed by atoms with Crippen molar-refractivity contribution in [1.82, 2.24) is 15.3 Å². The maximum atomic E-state index is 11.2. The highest BCUT2D eigenvalue weighted by Crippen LogP contribution is 2.13. The number of amides is 1. The summed E-state index contributed by atoms with van der Waals surface area (Å²) in [4.78, 5) is 29.3. The highest BCUT2D eigenvalue weighted by Gasteiger charge is 2.04. The van der Waals surface area contributed by atoms with Crippen molar-refractivity contribution < 1.29 is 14.7 Å². The van der Waals surface area contributed by atoms with Crippen LogP contribution in [-0.2, 0) is 9.59 Å². The van der Waals surface area contributed by atoms with Crippen LogP contribution in [0.1, 0.15) is 0 Å². The Morgan fingerprint density at radius 3 is 2.82 bits per heavy atom. The molecule has 1 rings (SSSR count). The predicted molar refractivity (Wildman–Crippen MR) is 62.9 cm³/mol. The fourth-order valence-corrected chi connectivity index (χ4v) is 1.34. The van der Waals surface area contributed by atoms with Crippen molar-refractivity contribution in [3.05, 3.63) is 12.4 Å². The van der Waals surface area contributed by atoms with Crippen LogP contribution >= 0.6 is 11.8 Å². The molecule has 0 unspecified atom stereocenters. The number of anilines is 1. The maximum absolute atomic E-state index is 11.2. The molecule has 0 aliphatic carbocycles. The van der Waals surface area contributed by atoms with Gasteiger partial charge >= 0.3 is 5.97 Å². The van der Waals surface area contributed by atoms with Crippen molar-refractivity contribution in [2.24, 2.45) is 0 Å². The maximum Gasteiger partial charge on any atom is 0.322 e. The minimum atomic E-state index is -1.08. The van der Waals surface area contributed by atoms with E-state index >= 15 is 0 Å². The molecule has 92 valence electrons. The molecule has 17 heavy (non-hydrogen) atoms. The zero-order valence-corrected chi connectivity index (χ0v) is 9.95. The van der Waals surface area contributed by atoms with E-state index in [1.54, 1.807) is 6.07 Å². The molecule has 0 bridgehead atoms. The molecule has 3 N–H and O–H groups in total. The van der Waals surface area contributed by atoms with Crippen LogP contribution in [0.15, 0.2) is 17.4 Å². The number of carboxylic acid groups (broad SMARTS) is 1. The SMILES string of the molecule is CSc1cc(NCC(=O)NCC(=O)O)ncn1. The topological polar surface area (TPSA) is 104 Å². The number of thioether (sulfide) groups is 1. The number of aliphatic carboxylic acids is 1. The minimum absolute atomic E-state index is 0.0296. The van der Waals surface area contributed by atoms with Gasteiger partial charge in [-0.3, -0.25) is 9.59 Å². The fraction of sp³-hybridized carbons (Fsp3) is 0.333. The lowest BCUT2D eigenvalue weighted by atomic mass is 10.5. The summed E-state index contributed by atoms with van der Waals surface area (Å²) in [6, 6.07) is 1.70. The molecule has 0 fully saturated rings. The van der Waals surface area contributed by atoms with Gasteiger partial charge in [-0.25, -0.2) is 9.97 Å². The Morgan fingerprint density at radius 1 is 1.41 bits per heavy atom. The second-order valence-corrected chi connectivity index (χ2v) is 3.80. The van der Waals surface area contributed by atoms with Crippen molar-refractivity contribution in [2.75, 3.05) is 24.7 Å². The number of nitrogens with one attached hydrogen (secondary N) is 2. The largest absolute Gasteiger partial charge is 0.480 e. The number of carbonyl (C=O) groups excluding carboxylic acids is 1. The van der Waals surface area contributed by atoms with Gasteiger partial charge in [-0.05, 0) is 6.26 Å². The van der Waals surface area contributed by atoms with Gasteiger partial charge in [-0.2, -0.15) is 0 Å². The molecule has 0 saturated heterocycles. The van der Waals surface area contributed by atoms with Crippen LogP contribution in [0.3, 0.4) is 0 Å². The molecule has 0 aliphatic rings. The van der Waals surface area contributed by atoms with Gasteiger partial charge in [0.05, 0.1) is 6.54 Å². The zero-order valence-electron chi connectivity index (χ0n) is 9.14. The van der Waals surface area contributed by atoms with Crippen LogP contribution < -0.4 is 10.6 Å². The van der Waals surface area contributed by atoms with Crippen LogP contribution in [0, 0.1) is 0 Å². The van der Waals surface area contributed by atoms with Crippen LogP contribution in [0.25, 0.3) is 0 Å². The highest BCUT2D eigenvalue weighted by atomic mass is 32.2. The number of hydrogen-bond acceptors (Lipinski definition) is 6. The third-order valence-electron chi connectivity index (χ3n) is 1.72. The van der Waals surface area contributed by atoms with E-state index in [1.165, 1.54) is 18.1 Å². The molecule has 0 saturated carbocycles. The number of carboxylic acids is 1.